The van der Waals surface area contributed by atoms with E-state index in [0.29, 0.717) is 12.0 Å². The van der Waals surface area contributed by atoms with Crippen molar-refractivity contribution in [2.24, 2.45) is 0 Å². The van der Waals surface area contributed by atoms with Gasteiger partial charge in [0, 0.05) is 6.42 Å². The molecule has 0 amide bonds. The summed E-state index contributed by atoms with van der Waals surface area (Å²) in [6.07, 6.45) is 0.587. The Bertz CT molecular complexity index is 429. The molecule has 4 nitrogen and oxygen atoms in total. The van der Waals surface area contributed by atoms with Gasteiger partial charge in [-0.2, -0.15) is 0 Å². The fraction of sp³-hybridized carbons (Fsp3) is 0.364. The first-order valence-corrected chi connectivity index (χ1v) is 4.39. The molecule has 1 N–H and O–H groups in total. The molecule has 0 atom stereocenters. The van der Waals surface area contributed by atoms with Gasteiger partial charge < -0.3 is 14.6 Å². The zero-order valence-corrected chi connectivity index (χ0v) is 8.32. The Kier molecular flexibility index (Phi) is 2.64. The lowest BCUT2D eigenvalue weighted by atomic mass is 10.1. The van der Waals surface area contributed by atoms with Crippen molar-refractivity contribution in [1.82, 2.24) is 0 Å². The van der Waals surface area contributed by atoms with E-state index < -0.39 is 7.04 Å². The lowest BCUT2D eigenvalue weighted by Crippen LogP contribution is -2.01. The molecule has 0 aliphatic heterocycles. The second-order valence-electron chi connectivity index (χ2n) is 2.98. The minimum absolute atomic E-state index is 0.114. The molecule has 0 unspecified atom stereocenters. The number of carbonyl (C=O) groups is 1. The number of hydrogen-bond acceptors (Lipinski definition) is 4. The van der Waals surface area contributed by atoms with Crippen molar-refractivity contribution in [3.05, 3.63) is 23.8 Å². The molecule has 1 rings (SSSR count). The van der Waals surface area contributed by atoms with Gasteiger partial charge >= 0.3 is 5.97 Å². The third kappa shape index (κ3) is 3.16. The molecular weight excluding hydrogens is 196 g/mol. The quantitative estimate of drug-likeness (QED) is 0.770. The predicted octanol–water partition coefficient (Wildman–Crippen LogP) is 1.51. The normalized spacial score (nSPS) is 13.5. The fourth-order valence-electron chi connectivity index (χ4n) is 1.15. The maximum absolute atomic E-state index is 10.9. The van der Waals surface area contributed by atoms with Crippen LogP contribution in [0.25, 0.3) is 0 Å². The smallest absolute Gasteiger partial charge is 0.305 e. The van der Waals surface area contributed by atoms with Crippen molar-refractivity contribution in [1.29, 1.82) is 0 Å². The van der Waals surface area contributed by atoms with Crippen LogP contribution in [0.5, 0.6) is 11.5 Å². The molecule has 0 fully saturated rings. The van der Waals surface area contributed by atoms with E-state index in [1.165, 1.54) is 19.2 Å². The molecule has 0 aliphatic carbocycles. The summed E-state index contributed by atoms with van der Waals surface area (Å²) in [7, 11) is -1.31. The van der Waals surface area contributed by atoms with E-state index >= 15 is 0 Å². The number of rotatable bonds is 4. The Morgan fingerprint density at radius 1 is 1.60 bits per heavy atom. The van der Waals surface area contributed by atoms with Crippen LogP contribution in [-0.4, -0.2) is 25.2 Å². The summed E-state index contributed by atoms with van der Waals surface area (Å²) in [5.41, 5.74) is 0.691. The average molecular weight is 213 g/mol. The van der Waals surface area contributed by atoms with Crippen molar-refractivity contribution in [2.75, 3.05) is 14.1 Å². The molecule has 4 heteroatoms. The van der Waals surface area contributed by atoms with Crippen LogP contribution >= 0.6 is 0 Å². The van der Waals surface area contributed by atoms with Crippen LogP contribution < -0.4 is 4.74 Å². The zero-order valence-electron chi connectivity index (χ0n) is 11.3. The monoisotopic (exact) mass is 213 g/mol. The largest absolute Gasteiger partial charge is 0.504 e. The number of phenols is 1. The van der Waals surface area contributed by atoms with Crippen LogP contribution in [0.2, 0.25) is 0 Å². The molecule has 0 saturated heterocycles. The first-order chi connectivity index (χ1) is 8.31. The highest BCUT2D eigenvalue weighted by Crippen LogP contribution is 2.26. The molecule has 0 aliphatic rings. The molecule has 1 aromatic carbocycles. The Hall–Kier alpha value is -1.71. The number of benzene rings is 1. The van der Waals surface area contributed by atoms with Crippen molar-refractivity contribution in [3.63, 3.8) is 0 Å². The molecule has 15 heavy (non-hydrogen) atoms. The van der Waals surface area contributed by atoms with Gasteiger partial charge in [-0.25, -0.2) is 0 Å². The van der Waals surface area contributed by atoms with Crippen LogP contribution in [0.3, 0.4) is 0 Å². The SMILES string of the molecule is [2H]C([2H])([2H])Oc1ccc(CCC(=O)OC)cc1O. The number of ether oxygens (including phenoxy) is 2. The lowest BCUT2D eigenvalue weighted by molar-refractivity contribution is -0.140. The molecule has 1 aromatic rings. The van der Waals surface area contributed by atoms with E-state index in [1.807, 2.05) is 0 Å². The van der Waals surface area contributed by atoms with E-state index in [0.717, 1.165) is 0 Å². The average Bonchev–Trinajstić information content (AvgIpc) is 2.27. The molecule has 0 spiro atoms. The number of carbonyl (C=O) groups excluding carboxylic acids is 1. The van der Waals surface area contributed by atoms with Gasteiger partial charge in [-0.15, -0.1) is 0 Å². The Balaban J connectivity index is 2.70. The first kappa shape index (κ1) is 7.56. The topological polar surface area (TPSA) is 55.8 Å². The van der Waals surface area contributed by atoms with Crippen LogP contribution in [0.1, 0.15) is 16.1 Å². The lowest BCUT2D eigenvalue weighted by Gasteiger charge is -2.05. The van der Waals surface area contributed by atoms with Crippen LogP contribution in [0.4, 0.5) is 0 Å². The number of aryl methyl sites for hydroxylation is 1. The summed E-state index contributed by atoms with van der Waals surface area (Å²) in [4.78, 5) is 10.9. The summed E-state index contributed by atoms with van der Waals surface area (Å²) in [6.45, 7) is 0. The predicted molar refractivity (Wildman–Crippen MR) is 55.0 cm³/mol. The van der Waals surface area contributed by atoms with Gasteiger partial charge in [0.15, 0.2) is 11.5 Å². The number of phenolic OH excluding ortho intramolecular Hbond substituents is 1. The summed E-state index contributed by atoms with van der Waals surface area (Å²) in [5, 5.41) is 9.59. The van der Waals surface area contributed by atoms with Gasteiger partial charge in [0.1, 0.15) is 0 Å². The van der Waals surface area contributed by atoms with E-state index in [2.05, 4.69) is 9.47 Å². The first-order valence-electron chi connectivity index (χ1n) is 5.89. The summed E-state index contributed by atoms with van der Waals surface area (Å²) in [6, 6.07) is 4.31. The Morgan fingerprint density at radius 3 is 3.00 bits per heavy atom. The van der Waals surface area contributed by atoms with E-state index in [-0.39, 0.29) is 23.9 Å². The molecule has 0 aromatic heterocycles. The molecule has 0 heterocycles. The highest BCUT2D eigenvalue weighted by molar-refractivity contribution is 5.69. The number of esters is 1. The van der Waals surface area contributed by atoms with Crippen molar-refractivity contribution >= 4 is 5.97 Å². The standard InChI is InChI=1S/C11H14O4/c1-14-10-5-3-8(7-9(10)12)4-6-11(13)15-2/h3,5,7,12H,4,6H2,1-2H3/i1D3. The highest BCUT2D eigenvalue weighted by atomic mass is 16.5. The van der Waals surface area contributed by atoms with Gasteiger partial charge in [-0.05, 0) is 24.1 Å². The van der Waals surface area contributed by atoms with Crippen LogP contribution in [0, 0.1) is 0 Å². The highest BCUT2D eigenvalue weighted by Gasteiger charge is 2.05. The maximum atomic E-state index is 10.9. The molecule has 0 bridgehead atoms. The number of methoxy groups -OCH3 is 2. The van der Waals surface area contributed by atoms with E-state index in [9.17, 15) is 9.90 Å². The van der Waals surface area contributed by atoms with E-state index in [1.54, 1.807) is 6.07 Å². The van der Waals surface area contributed by atoms with Gasteiger partial charge in [-0.3, -0.25) is 4.79 Å². The molecule has 0 saturated carbocycles. The number of hydrogen-bond donors (Lipinski definition) is 1. The van der Waals surface area contributed by atoms with Crippen molar-refractivity contribution in [3.8, 4) is 11.5 Å². The summed E-state index contributed by atoms with van der Waals surface area (Å²) < 4.78 is 29.8. The molecule has 82 valence electrons. The minimum atomic E-state index is -2.61. The van der Waals surface area contributed by atoms with Crippen molar-refractivity contribution < 1.29 is 23.5 Å². The number of aromatic hydroxyl groups is 1. The third-order valence-corrected chi connectivity index (χ3v) is 1.98. The molecule has 0 radical (unpaired) electrons. The third-order valence-electron chi connectivity index (χ3n) is 1.98. The second-order valence-corrected chi connectivity index (χ2v) is 2.98. The van der Waals surface area contributed by atoms with Gasteiger partial charge in [-0.1, -0.05) is 6.07 Å². The minimum Gasteiger partial charge on any atom is -0.504 e. The van der Waals surface area contributed by atoms with Crippen molar-refractivity contribution in [2.45, 2.75) is 12.8 Å². The fourth-order valence-corrected chi connectivity index (χ4v) is 1.15. The van der Waals surface area contributed by atoms with Crippen LogP contribution in [-0.2, 0) is 16.0 Å². The van der Waals surface area contributed by atoms with Gasteiger partial charge in [0.05, 0.1) is 18.3 Å². The Morgan fingerprint density at radius 2 is 2.40 bits per heavy atom. The maximum Gasteiger partial charge on any atom is 0.305 e. The van der Waals surface area contributed by atoms with Crippen LogP contribution in [0.15, 0.2) is 18.2 Å². The summed E-state index contributed by atoms with van der Waals surface area (Å²) >= 11 is 0. The zero-order chi connectivity index (χ0) is 13.8. The Labute approximate surface area is 92.7 Å². The van der Waals surface area contributed by atoms with E-state index in [4.69, 9.17) is 4.11 Å². The molecular formula is C11H14O4. The van der Waals surface area contributed by atoms with Gasteiger partial charge in [0.25, 0.3) is 0 Å². The summed E-state index contributed by atoms with van der Waals surface area (Å²) in [5.74, 6) is -0.734. The second kappa shape index (κ2) is 5.24. The van der Waals surface area contributed by atoms with Gasteiger partial charge in [0.2, 0.25) is 0 Å².